The third-order valence-electron chi connectivity index (χ3n) is 3.60. The molecule has 0 saturated carbocycles. The van der Waals surface area contributed by atoms with Gasteiger partial charge in [-0.25, -0.2) is 0 Å². The fourth-order valence-corrected chi connectivity index (χ4v) is 2.43. The summed E-state index contributed by atoms with van der Waals surface area (Å²) < 4.78 is 34.4. The van der Waals surface area contributed by atoms with Gasteiger partial charge < -0.3 is 20.1 Å². The molecule has 8 heteroatoms. The number of alkyl halides is 2. The van der Waals surface area contributed by atoms with Gasteiger partial charge in [0.05, 0.1) is 13.0 Å². The van der Waals surface area contributed by atoms with Crippen molar-refractivity contribution < 1.29 is 23.0 Å². The first-order valence-electron chi connectivity index (χ1n) is 7.20. The van der Waals surface area contributed by atoms with Crippen molar-refractivity contribution >= 4 is 18.3 Å². The maximum absolute atomic E-state index is 12.4. The van der Waals surface area contributed by atoms with E-state index < -0.39 is 6.61 Å². The van der Waals surface area contributed by atoms with Crippen molar-refractivity contribution in [1.29, 1.82) is 0 Å². The van der Waals surface area contributed by atoms with Crippen LogP contribution in [0.15, 0.2) is 18.2 Å². The summed E-state index contributed by atoms with van der Waals surface area (Å²) >= 11 is 0. The summed E-state index contributed by atoms with van der Waals surface area (Å²) in [6.07, 6.45) is 1.79. The number of hydrogen-bond acceptors (Lipinski definition) is 4. The average molecular weight is 351 g/mol. The van der Waals surface area contributed by atoms with Crippen LogP contribution in [0.25, 0.3) is 0 Å². The normalized spacial score (nSPS) is 17.3. The van der Waals surface area contributed by atoms with E-state index in [-0.39, 0.29) is 36.5 Å². The Kier molecular flexibility index (Phi) is 8.05. The Bertz CT molecular complexity index is 511. The van der Waals surface area contributed by atoms with Gasteiger partial charge in [0.2, 0.25) is 5.91 Å². The molecule has 0 bridgehead atoms. The summed E-state index contributed by atoms with van der Waals surface area (Å²) in [5.41, 5.74) is 0.455. The summed E-state index contributed by atoms with van der Waals surface area (Å²) in [7, 11) is 1.49. The molecule has 1 saturated heterocycles. The number of ether oxygens (including phenoxy) is 2. The Morgan fingerprint density at radius 1 is 1.48 bits per heavy atom. The van der Waals surface area contributed by atoms with Crippen molar-refractivity contribution in [1.82, 2.24) is 10.6 Å². The Labute approximate surface area is 140 Å². The minimum absolute atomic E-state index is 0. The first-order chi connectivity index (χ1) is 10.6. The second-order valence-electron chi connectivity index (χ2n) is 5.11. The van der Waals surface area contributed by atoms with Crippen LogP contribution in [-0.4, -0.2) is 32.7 Å². The van der Waals surface area contributed by atoms with E-state index in [1.54, 1.807) is 6.07 Å². The van der Waals surface area contributed by atoms with Gasteiger partial charge in [-0.2, -0.15) is 8.78 Å². The smallest absolute Gasteiger partial charge is 0.387 e. The third kappa shape index (κ3) is 5.84. The van der Waals surface area contributed by atoms with Crippen LogP contribution in [-0.2, 0) is 11.3 Å². The second-order valence-corrected chi connectivity index (χ2v) is 5.11. The van der Waals surface area contributed by atoms with Crippen molar-refractivity contribution in [2.75, 3.05) is 20.2 Å². The van der Waals surface area contributed by atoms with Crippen LogP contribution in [0.3, 0.4) is 0 Å². The lowest BCUT2D eigenvalue weighted by molar-refractivity contribution is -0.125. The first-order valence-corrected chi connectivity index (χ1v) is 7.20. The Morgan fingerprint density at radius 2 is 2.26 bits per heavy atom. The predicted molar refractivity (Wildman–Crippen MR) is 84.3 cm³/mol. The van der Waals surface area contributed by atoms with Gasteiger partial charge in [-0.1, -0.05) is 0 Å². The van der Waals surface area contributed by atoms with E-state index in [1.807, 2.05) is 0 Å². The topological polar surface area (TPSA) is 59.6 Å². The number of piperidine rings is 1. The number of rotatable bonds is 6. The number of amides is 1. The molecule has 1 unspecified atom stereocenters. The van der Waals surface area contributed by atoms with Crippen molar-refractivity contribution in [2.45, 2.75) is 26.0 Å². The number of carbonyl (C=O) groups is 1. The lowest BCUT2D eigenvalue weighted by Crippen LogP contribution is -2.40. The van der Waals surface area contributed by atoms with Gasteiger partial charge in [-0.05, 0) is 37.6 Å². The average Bonchev–Trinajstić information content (AvgIpc) is 2.54. The van der Waals surface area contributed by atoms with Crippen molar-refractivity contribution in [3.63, 3.8) is 0 Å². The minimum Gasteiger partial charge on any atom is -0.497 e. The maximum Gasteiger partial charge on any atom is 0.387 e. The van der Waals surface area contributed by atoms with Gasteiger partial charge in [0.15, 0.2) is 0 Å². The molecule has 5 nitrogen and oxygen atoms in total. The molecule has 1 aliphatic rings. The van der Waals surface area contributed by atoms with E-state index in [4.69, 9.17) is 4.74 Å². The molecule has 1 fully saturated rings. The Balaban J connectivity index is 0.00000264. The molecule has 2 rings (SSSR count). The molecule has 0 spiro atoms. The van der Waals surface area contributed by atoms with E-state index >= 15 is 0 Å². The predicted octanol–water partition coefficient (Wildman–Crippen LogP) is 2.33. The molecule has 1 atom stereocenters. The van der Waals surface area contributed by atoms with Gasteiger partial charge in [0.1, 0.15) is 11.5 Å². The quantitative estimate of drug-likeness (QED) is 0.826. The highest BCUT2D eigenvalue weighted by Crippen LogP contribution is 2.25. The van der Waals surface area contributed by atoms with Crippen molar-refractivity contribution in [3.05, 3.63) is 23.8 Å². The molecule has 130 valence electrons. The Morgan fingerprint density at radius 3 is 2.87 bits per heavy atom. The molecule has 1 aliphatic heterocycles. The molecule has 1 aromatic carbocycles. The largest absolute Gasteiger partial charge is 0.497 e. The van der Waals surface area contributed by atoms with Gasteiger partial charge in [0.25, 0.3) is 0 Å². The number of hydrogen-bond donors (Lipinski definition) is 2. The van der Waals surface area contributed by atoms with E-state index in [2.05, 4.69) is 15.4 Å². The van der Waals surface area contributed by atoms with Gasteiger partial charge in [-0.15, -0.1) is 12.4 Å². The number of carbonyl (C=O) groups excluding carboxylic acids is 1. The van der Waals surface area contributed by atoms with Crippen LogP contribution in [0.1, 0.15) is 18.4 Å². The van der Waals surface area contributed by atoms with Gasteiger partial charge >= 0.3 is 6.61 Å². The van der Waals surface area contributed by atoms with Crippen LogP contribution in [0.5, 0.6) is 11.5 Å². The summed E-state index contributed by atoms with van der Waals surface area (Å²) in [4.78, 5) is 12.1. The lowest BCUT2D eigenvalue weighted by Gasteiger charge is -2.22. The zero-order chi connectivity index (χ0) is 15.9. The van der Waals surface area contributed by atoms with Crippen LogP contribution >= 0.6 is 12.4 Å². The number of halogens is 3. The fourth-order valence-electron chi connectivity index (χ4n) is 2.43. The molecule has 0 aromatic heterocycles. The number of nitrogens with one attached hydrogen (secondary N) is 2. The zero-order valence-corrected chi connectivity index (χ0v) is 13.6. The third-order valence-corrected chi connectivity index (χ3v) is 3.60. The highest BCUT2D eigenvalue weighted by atomic mass is 35.5. The number of benzene rings is 1. The molecule has 1 aromatic rings. The molecule has 23 heavy (non-hydrogen) atoms. The molecular weight excluding hydrogens is 330 g/mol. The van der Waals surface area contributed by atoms with Crippen LogP contribution in [0, 0.1) is 5.92 Å². The fraction of sp³-hybridized carbons (Fsp3) is 0.533. The van der Waals surface area contributed by atoms with E-state index in [0.29, 0.717) is 17.9 Å². The molecule has 1 heterocycles. The molecule has 2 N–H and O–H groups in total. The SMILES string of the molecule is COc1ccc(OC(F)F)c(CNC(=O)C2CCCNC2)c1.Cl. The van der Waals surface area contributed by atoms with Crippen LogP contribution in [0.2, 0.25) is 0 Å². The highest BCUT2D eigenvalue weighted by Gasteiger charge is 2.21. The van der Waals surface area contributed by atoms with Crippen LogP contribution in [0.4, 0.5) is 8.78 Å². The summed E-state index contributed by atoms with van der Waals surface area (Å²) in [5.74, 6) is 0.389. The number of methoxy groups -OCH3 is 1. The standard InChI is InChI=1S/C15H20F2N2O3.ClH/c1-21-12-4-5-13(22-15(16)17)11(7-12)9-19-14(20)10-3-2-6-18-8-10;/h4-5,7,10,15,18H,2-3,6,8-9H2,1H3,(H,19,20);1H. The molecular formula is C15H21ClF2N2O3. The molecule has 1 amide bonds. The van der Waals surface area contributed by atoms with E-state index in [9.17, 15) is 13.6 Å². The van der Waals surface area contributed by atoms with E-state index in [0.717, 1.165) is 19.4 Å². The molecule has 0 aliphatic carbocycles. The lowest BCUT2D eigenvalue weighted by atomic mass is 9.99. The molecule has 0 radical (unpaired) electrons. The van der Waals surface area contributed by atoms with Crippen molar-refractivity contribution in [3.8, 4) is 11.5 Å². The highest BCUT2D eigenvalue weighted by molar-refractivity contribution is 5.85. The summed E-state index contributed by atoms with van der Waals surface area (Å²) in [6, 6.07) is 4.53. The second kappa shape index (κ2) is 9.52. The minimum atomic E-state index is -2.91. The zero-order valence-electron chi connectivity index (χ0n) is 12.8. The van der Waals surface area contributed by atoms with Gasteiger partial charge in [-0.3, -0.25) is 4.79 Å². The van der Waals surface area contributed by atoms with Gasteiger partial charge in [0, 0.05) is 18.7 Å². The van der Waals surface area contributed by atoms with E-state index in [1.165, 1.54) is 19.2 Å². The maximum atomic E-state index is 12.4. The van der Waals surface area contributed by atoms with Crippen LogP contribution < -0.4 is 20.1 Å². The summed E-state index contributed by atoms with van der Waals surface area (Å²) in [5, 5.41) is 5.94. The monoisotopic (exact) mass is 350 g/mol. The van der Waals surface area contributed by atoms with Crippen molar-refractivity contribution in [2.24, 2.45) is 5.92 Å². The first kappa shape index (κ1) is 19.4. The Hall–Kier alpha value is -1.60. The summed E-state index contributed by atoms with van der Waals surface area (Å²) in [6.45, 7) is -1.23.